The highest BCUT2D eigenvalue weighted by atomic mass is 16.6. The normalized spacial score (nSPS) is 48.1. The van der Waals surface area contributed by atoms with Gasteiger partial charge in [0.25, 0.3) is 0 Å². The molecule has 1 saturated carbocycles. The summed E-state index contributed by atoms with van der Waals surface area (Å²) >= 11 is 0. The fourth-order valence-corrected chi connectivity index (χ4v) is 9.17. The first kappa shape index (κ1) is 25.1. The molecule has 200 valence electrons. The van der Waals surface area contributed by atoms with E-state index >= 15 is 0 Å². The first-order chi connectivity index (χ1) is 17.2. The molecule has 6 aliphatic rings. The molecule has 9 atom stereocenters. The Balaban J connectivity index is 1.44. The van der Waals surface area contributed by atoms with E-state index < -0.39 is 22.7 Å². The number of hydrogen-bond donors (Lipinski definition) is 2. The summed E-state index contributed by atoms with van der Waals surface area (Å²) in [4.78, 5) is 24.7. The molecule has 1 fully saturated rings. The van der Waals surface area contributed by atoms with E-state index in [0.717, 1.165) is 30.4 Å². The summed E-state index contributed by atoms with van der Waals surface area (Å²) in [6.45, 7) is 12.2. The minimum absolute atomic E-state index is 0.0284. The Morgan fingerprint density at radius 1 is 1.08 bits per heavy atom. The Kier molecular flexibility index (Phi) is 5.22. The highest BCUT2D eigenvalue weighted by molar-refractivity contribution is 5.89. The second-order valence-electron chi connectivity index (χ2n) is 13.6. The molecule has 0 amide bonds. The van der Waals surface area contributed by atoms with Crippen molar-refractivity contribution >= 4 is 11.9 Å². The molecule has 2 aliphatic heterocycles. The molecule has 0 aromatic rings. The summed E-state index contributed by atoms with van der Waals surface area (Å²) in [6, 6.07) is 0. The van der Waals surface area contributed by atoms with Crippen LogP contribution in [-0.4, -0.2) is 45.6 Å². The third-order valence-electron chi connectivity index (χ3n) is 11.5. The van der Waals surface area contributed by atoms with Crippen LogP contribution in [0.3, 0.4) is 0 Å². The standard InChI is InChI=1S/C31H40O6/c1-16-11-18-12-20-21-14-31(35)13-19-7-8-24(33)37-28(3,4)30(19,6)10-9-23(31)29(21,5)15-22(32)25(20)17(2)26(18)36-27(16)34/h7-8,11,13,17-18,21-23,26,32,35H,9-10,12,14-15H2,1-6H3/t17-,18+,21-,22-,23-,26-,29+,30+,31+/m0/s1. The molecule has 6 heteroatoms. The Morgan fingerprint density at radius 2 is 1.81 bits per heavy atom. The maximum Gasteiger partial charge on any atom is 0.333 e. The summed E-state index contributed by atoms with van der Waals surface area (Å²) in [5, 5.41) is 24.0. The summed E-state index contributed by atoms with van der Waals surface area (Å²) in [7, 11) is 0. The van der Waals surface area contributed by atoms with Crippen molar-refractivity contribution in [3.63, 3.8) is 0 Å². The molecular weight excluding hydrogens is 468 g/mol. The highest BCUT2D eigenvalue weighted by Gasteiger charge is 2.65. The molecule has 0 bridgehead atoms. The summed E-state index contributed by atoms with van der Waals surface area (Å²) in [5.74, 6) is -0.470. The summed E-state index contributed by atoms with van der Waals surface area (Å²) in [5.41, 5.74) is 1.42. The molecule has 6 rings (SSSR count). The van der Waals surface area contributed by atoms with Gasteiger partial charge in [-0.25, -0.2) is 9.59 Å². The third-order valence-corrected chi connectivity index (χ3v) is 11.5. The van der Waals surface area contributed by atoms with E-state index in [9.17, 15) is 19.8 Å². The molecule has 37 heavy (non-hydrogen) atoms. The quantitative estimate of drug-likeness (QED) is 0.368. The average Bonchev–Trinajstić information content (AvgIpc) is 2.87. The SMILES string of the molecule is CC1=C[C@@H]2CC3=C([C@@H](O)C[C@]4(C)[C@H]3C[C@]3(O)C=C5C=CC(=O)OC(C)(C)[C@]5(C)CC[C@@H]43)[C@H](C)[C@@H]2OC1=O. The van der Waals surface area contributed by atoms with Crippen molar-refractivity contribution in [1.82, 2.24) is 0 Å². The van der Waals surface area contributed by atoms with E-state index in [1.54, 1.807) is 0 Å². The van der Waals surface area contributed by atoms with Crippen LogP contribution in [0.5, 0.6) is 0 Å². The number of ether oxygens (including phenoxy) is 2. The van der Waals surface area contributed by atoms with Crippen LogP contribution in [0.1, 0.15) is 73.6 Å². The summed E-state index contributed by atoms with van der Waals surface area (Å²) in [6.07, 6.45) is 10.0. The lowest BCUT2D eigenvalue weighted by atomic mass is 9.56. The van der Waals surface area contributed by atoms with E-state index in [-0.39, 0.29) is 47.1 Å². The van der Waals surface area contributed by atoms with Gasteiger partial charge in [0.15, 0.2) is 0 Å². The molecule has 2 N–H and O–H groups in total. The fourth-order valence-electron chi connectivity index (χ4n) is 9.17. The molecule has 0 unspecified atom stereocenters. The van der Waals surface area contributed by atoms with Crippen molar-refractivity contribution in [2.24, 2.45) is 34.5 Å². The Hall–Kier alpha value is -2.18. The average molecular weight is 509 g/mol. The monoisotopic (exact) mass is 508 g/mol. The largest absolute Gasteiger partial charge is 0.458 e. The Bertz CT molecular complexity index is 1200. The van der Waals surface area contributed by atoms with Gasteiger partial charge in [0, 0.05) is 28.9 Å². The molecule has 0 aromatic carbocycles. The van der Waals surface area contributed by atoms with E-state index in [1.807, 2.05) is 32.9 Å². The maximum atomic E-state index is 12.4. The fraction of sp³-hybridized carbons (Fsp3) is 0.677. The van der Waals surface area contributed by atoms with Crippen molar-refractivity contribution in [1.29, 1.82) is 0 Å². The van der Waals surface area contributed by atoms with Crippen molar-refractivity contribution in [2.45, 2.75) is 97.1 Å². The molecule has 4 aliphatic carbocycles. The van der Waals surface area contributed by atoms with Gasteiger partial charge in [-0.3, -0.25) is 0 Å². The predicted octanol–water partition coefficient (Wildman–Crippen LogP) is 4.57. The number of rotatable bonds is 0. The molecule has 0 aromatic heterocycles. The second-order valence-corrected chi connectivity index (χ2v) is 13.6. The van der Waals surface area contributed by atoms with Crippen molar-refractivity contribution in [3.8, 4) is 0 Å². The second kappa shape index (κ2) is 7.69. The van der Waals surface area contributed by atoms with Crippen LogP contribution in [-0.2, 0) is 19.1 Å². The van der Waals surface area contributed by atoms with Crippen LogP contribution in [0.2, 0.25) is 0 Å². The minimum Gasteiger partial charge on any atom is -0.458 e. The zero-order chi connectivity index (χ0) is 26.7. The van der Waals surface area contributed by atoms with Crippen molar-refractivity contribution < 1.29 is 29.3 Å². The topological polar surface area (TPSA) is 93.1 Å². The lowest BCUT2D eigenvalue weighted by Crippen LogP contribution is -2.49. The molecular formula is C31H40O6. The van der Waals surface area contributed by atoms with Crippen LogP contribution in [0.25, 0.3) is 0 Å². The number of esters is 2. The smallest absolute Gasteiger partial charge is 0.333 e. The lowest BCUT2D eigenvalue weighted by molar-refractivity contribution is -0.160. The third kappa shape index (κ3) is 3.30. The first-order valence-electron chi connectivity index (χ1n) is 13.9. The van der Waals surface area contributed by atoms with E-state index in [0.29, 0.717) is 18.4 Å². The van der Waals surface area contributed by atoms with Crippen LogP contribution in [0, 0.1) is 34.5 Å². The number of aliphatic hydroxyl groups is 2. The van der Waals surface area contributed by atoms with E-state index in [4.69, 9.17) is 9.47 Å². The van der Waals surface area contributed by atoms with Gasteiger partial charge in [0.05, 0.1) is 11.7 Å². The molecule has 2 heterocycles. The van der Waals surface area contributed by atoms with Gasteiger partial charge >= 0.3 is 11.9 Å². The molecule has 0 saturated heterocycles. The number of hydrogen-bond acceptors (Lipinski definition) is 6. The maximum absolute atomic E-state index is 12.4. The number of carbonyl (C=O) groups excluding carboxylic acids is 2. The van der Waals surface area contributed by atoms with Gasteiger partial charge in [0.2, 0.25) is 0 Å². The minimum atomic E-state index is -1.05. The van der Waals surface area contributed by atoms with Crippen LogP contribution >= 0.6 is 0 Å². The van der Waals surface area contributed by atoms with Gasteiger partial charge in [-0.1, -0.05) is 38.5 Å². The molecule has 0 spiro atoms. The number of carbonyl (C=O) groups is 2. The van der Waals surface area contributed by atoms with Crippen molar-refractivity contribution in [2.75, 3.05) is 0 Å². The van der Waals surface area contributed by atoms with Gasteiger partial charge in [-0.05, 0) is 87.3 Å². The Morgan fingerprint density at radius 3 is 2.54 bits per heavy atom. The van der Waals surface area contributed by atoms with E-state index in [1.165, 1.54) is 11.6 Å². The van der Waals surface area contributed by atoms with Crippen molar-refractivity contribution in [3.05, 3.63) is 46.6 Å². The molecule has 0 radical (unpaired) electrons. The number of allylic oxidation sites excluding steroid dienone is 2. The van der Waals surface area contributed by atoms with Gasteiger partial charge in [-0.15, -0.1) is 0 Å². The van der Waals surface area contributed by atoms with Crippen LogP contribution in [0.4, 0.5) is 0 Å². The van der Waals surface area contributed by atoms with Gasteiger partial charge in [0.1, 0.15) is 11.7 Å². The van der Waals surface area contributed by atoms with Gasteiger partial charge < -0.3 is 19.7 Å². The first-order valence-corrected chi connectivity index (χ1v) is 13.9. The lowest BCUT2D eigenvalue weighted by Gasteiger charge is -2.51. The number of aliphatic hydroxyl groups excluding tert-OH is 1. The Labute approximate surface area is 219 Å². The predicted molar refractivity (Wildman–Crippen MR) is 138 cm³/mol. The highest BCUT2D eigenvalue weighted by Crippen LogP contribution is 2.67. The number of cyclic esters (lactones) is 1. The van der Waals surface area contributed by atoms with Crippen LogP contribution in [0.15, 0.2) is 46.6 Å². The van der Waals surface area contributed by atoms with Crippen LogP contribution < -0.4 is 0 Å². The van der Waals surface area contributed by atoms with Gasteiger partial charge in [-0.2, -0.15) is 0 Å². The zero-order valence-corrected chi connectivity index (χ0v) is 22.8. The zero-order valence-electron chi connectivity index (χ0n) is 22.8. The number of fused-ring (bicyclic) bond motifs is 6. The molecule has 6 nitrogen and oxygen atoms in total. The van der Waals surface area contributed by atoms with E-state index in [2.05, 4.69) is 26.8 Å². The summed E-state index contributed by atoms with van der Waals surface area (Å²) < 4.78 is 11.7.